The van der Waals surface area contributed by atoms with Crippen LogP contribution in [0.4, 0.5) is 4.79 Å². The van der Waals surface area contributed by atoms with Crippen LogP contribution in [-0.4, -0.2) is 67.7 Å². The molecule has 126 valence electrons. The standard InChI is InChI=1S/C18H28N4O/c1-15-4-2-3-5-16(15)6-9-20-18(23)22-12-10-21(11-13-22)17-7-8-19-14-17/h2-5,17,19H,6-14H2,1H3,(H,20,23). The number of carbonyl (C=O) groups is 1. The van der Waals surface area contributed by atoms with Crippen LogP contribution in [0.3, 0.4) is 0 Å². The second-order valence-corrected chi connectivity index (χ2v) is 6.58. The fourth-order valence-corrected chi connectivity index (χ4v) is 3.55. The fourth-order valence-electron chi connectivity index (χ4n) is 3.55. The third-order valence-corrected chi connectivity index (χ3v) is 5.08. The molecule has 0 spiro atoms. The smallest absolute Gasteiger partial charge is 0.317 e. The molecule has 1 aromatic rings. The Labute approximate surface area is 139 Å². The van der Waals surface area contributed by atoms with E-state index in [1.807, 2.05) is 4.90 Å². The summed E-state index contributed by atoms with van der Waals surface area (Å²) in [4.78, 5) is 16.8. The zero-order chi connectivity index (χ0) is 16.1. The topological polar surface area (TPSA) is 47.6 Å². The first kappa shape index (κ1) is 16.3. The molecule has 5 nitrogen and oxygen atoms in total. The fraction of sp³-hybridized carbons (Fsp3) is 0.611. The van der Waals surface area contributed by atoms with Crippen LogP contribution in [0.5, 0.6) is 0 Å². The van der Waals surface area contributed by atoms with Crippen molar-refractivity contribution in [2.45, 2.75) is 25.8 Å². The van der Waals surface area contributed by atoms with Gasteiger partial charge in [-0.3, -0.25) is 4.90 Å². The monoisotopic (exact) mass is 316 g/mol. The van der Waals surface area contributed by atoms with Crippen LogP contribution in [0, 0.1) is 6.92 Å². The highest BCUT2D eigenvalue weighted by Crippen LogP contribution is 2.12. The van der Waals surface area contributed by atoms with E-state index in [0.29, 0.717) is 12.6 Å². The molecule has 2 amide bonds. The number of aryl methyl sites for hydroxylation is 1. The number of benzene rings is 1. The summed E-state index contributed by atoms with van der Waals surface area (Å²) >= 11 is 0. The molecule has 1 aromatic carbocycles. The molecule has 0 aromatic heterocycles. The lowest BCUT2D eigenvalue weighted by Crippen LogP contribution is -2.54. The molecule has 2 fully saturated rings. The van der Waals surface area contributed by atoms with Crippen LogP contribution in [-0.2, 0) is 6.42 Å². The largest absolute Gasteiger partial charge is 0.338 e. The van der Waals surface area contributed by atoms with Gasteiger partial charge in [0, 0.05) is 45.3 Å². The van der Waals surface area contributed by atoms with E-state index in [9.17, 15) is 4.79 Å². The number of nitrogens with one attached hydrogen (secondary N) is 2. The van der Waals surface area contributed by atoms with E-state index in [1.165, 1.54) is 17.5 Å². The number of amides is 2. The Morgan fingerprint density at radius 1 is 1.26 bits per heavy atom. The molecular weight excluding hydrogens is 288 g/mol. The lowest BCUT2D eigenvalue weighted by Gasteiger charge is -2.37. The second-order valence-electron chi connectivity index (χ2n) is 6.58. The summed E-state index contributed by atoms with van der Waals surface area (Å²) in [5.41, 5.74) is 2.60. The summed E-state index contributed by atoms with van der Waals surface area (Å²) in [6.45, 7) is 8.73. The highest BCUT2D eigenvalue weighted by Gasteiger charge is 2.27. The normalized spacial score (nSPS) is 22.3. The predicted octanol–water partition coefficient (Wildman–Crippen LogP) is 1.23. The Morgan fingerprint density at radius 3 is 2.74 bits per heavy atom. The maximum atomic E-state index is 12.3. The summed E-state index contributed by atoms with van der Waals surface area (Å²) < 4.78 is 0. The van der Waals surface area contributed by atoms with Crippen LogP contribution in [0.2, 0.25) is 0 Å². The molecule has 0 radical (unpaired) electrons. The number of urea groups is 1. The molecule has 0 aliphatic carbocycles. The molecule has 0 saturated carbocycles. The van der Waals surface area contributed by atoms with Gasteiger partial charge in [-0.1, -0.05) is 24.3 Å². The van der Waals surface area contributed by atoms with Gasteiger partial charge in [0.1, 0.15) is 0 Å². The van der Waals surface area contributed by atoms with Crippen molar-refractivity contribution < 1.29 is 4.79 Å². The van der Waals surface area contributed by atoms with Crippen molar-refractivity contribution in [3.63, 3.8) is 0 Å². The van der Waals surface area contributed by atoms with E-state index >= 15 is 0 Å². The molecule has 2 N–H and O–H groups in total. The van der Waals surface area contributed by atoms with Gasteiger partial charge in [0.25, 0.3) is 0 Å². The number of hydrogen-bond acceptors (Lipinski definition) is 3. The SMILES string of the molecule is Cc1ccccc1CCNC(=O)N1CCN(C2CCNC2)CC1. The predicted molar refractivity (Wildman–Crippen MR) is 92.7 cm³/mol. The van der Waals surface area contributed by atoms with Gasteiger partial charge in [-0.25, -0.2) is 4.79 Å². The van der Waals surface area contributed by atoms with E-state index in [4.69, 9.17) is 0 Å². The average molecular weight is 316 g/mol. The van der Waals surface area contributed by atoms with E-state index in [-0.39, 0.29) is 6.03 Å². The van der Waals surface area contributed by atoms with Crippen LogP contribution >= 0.6 is 0 Å². The van der Waals surface area contributed by atoms with Gasteiger partial charge in [0.05, 0.1) is 0 Å². The molecule has 5 heteroatoms. The summed E-state index contributed by atoms with van der Waals surface area (Å²) in [7, 11) is 0. The lowest BCUT2D eigenvalue weighted by atomic mass is 10.1. The molecule has 2 aliphatic heterocycles. The Balaban J connectivity index is 1.38. The van der Waals surface area contributed by atoms with Crippen LogP contribution < -0.4 is 10.6 Å². The van der Waals surface area contributed by atoms with Crippen LogP contribution in [0.25, 0.3) is 0 Å². The van der Waals surface area contributed by atoms with E-state index in [2.05, 4.69) is 46.7 Å². The number of nitrogens with zero attached hydrogens (tertiary/aromatic N) is 2. The van der Waals surface area contributed by atoms with Crippen molar-refractivity contribution in [2.75, 3.05) is 45.8 Å². The lowest BCUT2D eigenvalue weighted by molar-refractivity contribution is 0.114. The summed E-state index contributed by atoms with van der Waals surface area (Å²) in [6.07, 6.45) is 2.13. The first-order valence-electron chi connectivity index (χ1n) is 8.76. The molecule has 3 rings (SSSR count). The number of rotatable bonds is 4. The first-order chi connectivity index (χ1) is 11.2. The molecule has 0 bridgehead atoms. The minimum absolute atomic E-state index is 0.0859. The summed E-state index contributed by atoms with van der Waals surface area (Å²) in [5.74, 6) is 0. The molecular formula is C18H28N4O. The minimum atomic E-state index is 0.0859. The van der Waals surface area contributed by atoms with Gasteiger partial charge in [-0.05, 0) is 37.4 Å². The van der Waals surface area contributed by atoms with Crippen molar-refractivity contribution >= 4 is 6.03 Å². The van der Waals surface area contributed by atoms with Gasteiger partial charge >= 0.3 is 6.03 Å². The molecule has 2 aliphatic rings. The third-order valence-electron chi connectivity index (χ3n) is 5.08. The zero-order valence-electron chi connectivity index (χ0n) is 14.1. The van der Waals surface area contributed by atoms with Crippen LogP contribution in [0.1, 0.15) is 17.5 Å². The first-order valence-corrected chi connectivity index (χ1v) is 8.76. The highest BCUT2D eigenvalue weighted by molar-refractivity contribution is 5.74. The Morgan fingerprint density at radius 2 is 2.04 bits per heavy atom. The number of hydrogen-bond donors (Lipinski definition) is 2. The Hall–Kier alpha value is -1.59. The van der Waals surface area contributed by atoms with Gasteiger partial charge < -0.3 is 15.5 Å². The van der Waals surface area contributed by atoms with Crippen LogP contribution in [0.15, 0.2) is 24.3 Å². The van der Waals surface area contributed by atoms with Gasteiger partial charge in [-0.15, -0.1) is 0 Å². The second kappa shape index (κ2) is 7.79. The molecule has 2 heterocycles. The zero-order valence-corrected chi connectivity index (χ0v) is 14.1. The maximum absolute atomic E-state index is 12.3. The summed E-state index contributed by atoms with van der Waals surface area (Å²) in [5, 5.41) is 6.49. The van der Waals surface area contributed by atoms with Gasteiger partial charge in [0.15, 0.2) is 0 Å². The highest BCUT2D eigenvalue weighted by atomic mass is 16.2. The quantitative estimate of drug-likeness (QED) is 0.878. The molecule has 23 heavy (non-hydrogen) atoms. The van der Waals surface area contributed by atoms with E-state index in [1.54, 1.807) is 0 Å². The van der Waals surface area contributed by atoms with Gasteiger partial charge in [-0.2, -0.15) is 0 Å². The van der Waals surface area contributed by atoms with Crippen molar-refractivity contribution in [3.8, 4) is 0 Å². The van der Waals surface area contributed by atoms with Crippen molar-refractivity contribution in [3.05, 3.63) is 35.4 Å². The van der Waals surface area contributed by atoms with Crippen molar-refractivity contribution in [1.82, 2.24) is 20.4 Å². The van der Waals surface area contributed by atoms with E-state index in [0.717, 1.165) is 45.7 Å². The van der Waals surface area contributed by atoms with Crippen molar-refractivity contribution in [1.29, 1.82) is 0 Å². The van der Waals surface area contributed by atoms with Gasteiger partial charge in [0.2, 0.25) is 0 Å². The Kier molecular flexibility index (Phi) is 5.51. The third kappa shape index (κ3) is 4.24. The van der Waals surface area contributed by atoms with Crippen molar-refractivity contribution in [2.24, 2.45) is 0 Å². The average Bonchev–Trinajstić information content (AvgIpc) is 3.11. The number of piperazine rings is 1. The number of carbonyl (C=O) groups excluding carboxylic acids is 1. The molecule has 2 saturated heterocycles. The molecule has 1 unspecified atom stereocenters. The Bertz CT molecular complexity index is 520. The molecule has 1 atom stereocenters. The van der Waals surface area contributed by atoms with E-state index < -0.39 is 0 Å². The maximum Gasteiger partial charge on any atom is 0.317 e. The minimum Gasteiger partial charge on any atom is -0.338 e. The summed E-state index contributed by atoms with van der Waals surface area (Å²) in [6, 6.07) is 9.12.